The van der Waals surface area contributed by atoms with Gasteiger partial charge in [0, 0.05) is 32.4 Å². The van der Waals surface area contributed by atoms with Crippen LogP contribution in [0.5, 0.6) is 0 Å². The van der Waals surface area contributed by atoms with Crippen LogP contribution in [0.3, 0.4) is 0 Å². The molecule has 0 saturated heterocycles. The van der Waals surface area contributed by atoms with Crippen LogP contribution in [0.25, 0.3) is 87.5 Å². The second-order valence-electron chi connectivity index (χ2n) is 15.1. The average molecular weight is 649 g/mol. The molecule has 2 aliphatic rings. The lowest BCUT2D eigenvalue weighted by molar-refractivity contribution is 0.642. The lowest BCUT2D eigenvalue weighted by Crippen LogP contribution is -2.29. The van der Waals surface area contributed by atoms with Gasteiger partial charge in [-0.15, -0.1) is 0 Å². The SMILES string of the molecule is CC1(C)c2cccc3c(=O)c4nc5c(nc6c(=O)c7cccc8c7n7c9c(cccc9c(=O)c5c67)C8(C)C)c5c(=O)c6cccc1c6n(c23)c45. The summed E-state index contributed by atoms with van der Waals surface area (Å²) in [7, 11) is 0. The molecule has 0 amide bonds. The molecule has 8 heteroatoms. The number of benzene rings is 4. The number of aromatic nitrogens is 4. The Bertz CT molecular complexity index is 3340. The summed E-state index contributed by atoms with van der Waals surface area (Å²) >= 11 is 0. The molecule has 12 rings (SSSR count). The number of nitrogens with zero attached hydrogens (tertiary/aromatic N) is 4. The molecule has 10 aromatic rings. The lowest BCUT2D eigenvalue weighted by atomic mass is 9.74. The van der Waals surface area contributed by atoms with Gasteiger partial charge in [-0.2, -0.15) is 0 Å². The molecule has 0 N–H and O–H groups in total. The topological polar surface area (TPSA) is 103 Å². The van der Waals surface area contributed by atoms with E-state index < -0.39 is 10.8 Å². The molecule has 0 fully saturated rings. The van der Waals surface area contributed by atoms with Crippen LogP contribution in [0.4, 0.5) is 0 Å². The fourth-order valence-electron chi connectivity index (χ4n) is 9.80. The van der Waals surface area contributed by atoms with Gasteiger partial charge in [0.25, 0.3) is 0 Å². The van der Waals surface area contributed by atoms with Crippen molar-refractivity contribution in [2.45, 2.75) is 38.5 Å². The number of para-hydroxylation sites is 4. The van der Waals surface area contributed by atoms with Gasteiger partial charge >= 0.3 is 0 Å². The van der Waals surface area contributed by atoms with Gasteiger partial charge in [-0.1, -0.05) is 76.2 Å². The largest absolute Gasteiger partial charge is 0.305 e. The van der Waals surface area contributed by atoms with Gasteiger partial charge in [-0.3, -0.25) is 19.2 Å². The van der Waals surface area contributed by atoms with Gasteiger partial charge in [-0.25, -0.2) is 9.97 Å². The van der Waals surface area contributed by atoms with Crippen molar-refractivity contribution in [3.8, 4) is 0 Å². The van der Waals surface area contributed by atoms with Crippen molar-refractivity contribution >= 4 is 87.5 Å². The molecule has 8 heterocycles. The Morgan fingerprint density at radius 1 is 0.400 bits per heavy atom. The highest BCUT2D eigenvalue weighted by atomic mass is 16.1. The Labute approximate surface area is 280 Å². The highest BCUT2D eigenvalue weighted by Crippen LogP contribution is 2.47. The summed E-state index contributed by atoms with van der Waals surface area (Å²) in [5.74, 6) is 0. The van der Waals surface area contributed by atoms with Gasteiger partial charge in [-0.05, 0) is 46.5 Å². The van der Waals surface area contributed by atoms with E-state index in [0.717, 1.165) is 44.3 Å². The minimum absolute atomic E-state index is 0.0963. The van der Waals surface area contributed by atoms with E-state index in [1.807, 2.05) is 57.3 Å². The van der Waals surface area contributed by atoms with Crippen molar-refractivity contribution in [3.63, 3.8) is 0 Å². The van der Waals surface area contributed by atoms with Crippen LogP contribution < -0.4 is 21.7 Å². The first-order chi connectivity index (χ1) is 24.0. The smallest absolute Gasteiger partial charge is 0.215 e. The molecule has 50 heavy (non-hydrogen) atoms. The summed E-state index contributed by atoms with van der Waals surface area (Å²) in [6.07, 6.45) is 0. The molecule has 0 bridgehead atoms. The number of hydrogen-bond acceptors (Lipinski definition) is 6. The van der Waals surface area contributed by atoms with Crippen molar-refractivity contribution in [2.24, 2.45) is 0 Å². The van der Waals surface area contributed by atoms with E-state index in [4.69, 9.17) is 9.97 Å². The zero-order valence-corrected chi connectivity index (χ0v) is 27.4. The van der Waals surface area contributed by atoms with Crippen molar-refractivity contribution in [2.75, 3.05) is 0 Å². The maximum absolute atomic E-state index is 14.9. The van der Waals surface area contributed by atoms with Crippen molar-refractivity contribution in [1.29, 1.82) is 0 Å². The third-order valence-corrected chi connectivity index (χ3v) is 12.1. The van der Waals surface area contributed by atoms with E-state index in [1.165, 1.54) is 0 Å². The first-order valence-corrected chi connectivity index (χ1v) is 16.8. The van der Waals surface area contributed by atoms with Gasteiger partial charge in [0.2, 0.25) is 10.9 Å². The maximum Gasteiger partial charge on any atom is 0.215 e. The van der Waals surface area contributed by atoms with E-state index in [0.29, 0.717) is 32.6 Å². The monoisotopic (exact) mass is 648 g/mol. The third-order valence-electron chi connectivity index (χ3n) is 12.1. The predicted molar refractivity (Wildman–Crippen MR) is 198 cm³/mol. The van der Waals surface area contributed by atoms with Crippen molar-refractivity contribution in [1.82, 2.24) is 18.8 Å². The summed E-state index contributed by atoms with van der Waals surface area (Å²) in [5, 5.41) is 2.30. The number of pyridine rings is 6. The standard InChI is InChI=1S/C42H24N4O4/c1-41(2)21-13-5-9-17-31(21)45-33-19(11-7-15-23(33)41)39(49)29-35(45)25(37(17)47)27-28(43-29)26-36-30(44-27)40(50)20-12-8-16-24-34(20)46(36)32-18(38(26)48)10-6-14-22(32)42(24,3)4/h5-16H,1-4H3. The van der Waals surface area contributed by atoms with E-state index in [2.05, 4.69) is 27.7 Å². The van der Waals surface area contributed by atoms with Gasteiger partial charge in [0.15, 0.2) is 10.9 Å². The lowest BCUT2D eigenvalue weighted by Gasteiger charge is -2.34. The Morgan fingerprint density at radius 3 is 1.02 bits per heavy atom. The summed E-state index contributed by atoms with van der Waals surface area (Å²) in [6, 6.07) is 22.9. The Balaban J connectivity index is 1.48. The third kappa shape index (κ3) is 2.52. The summed E-state index contributed by atoms with van der Waals surface area (Å²) < 4.78 is 4.01. The molecule has 236 valence electrons. The second kappa shape index (κ2) is 7.79. The predicted octanol–water partition coefficient (Wildman–Crippen LogP) is 6.65. The summed E-state index contributed by atoms with van der Waals surface area (Å²) in [4.78, 5) is 69.1. The molecule has 0 atom stereocenters. The molecule has 2 aliphatic heterocycles. The van der Waals surface area contributed by atoms with E-state index in [9.17, 15) is 19.2 Å². The highest BCUT2D eigenvalue weighted by molar-refractivity contribution is 6.24. The molecule has 0 radical (unpaired) electrons. The van der Waals surface area contributed by atoms with Crippen molar-refractivity contribution < 1.29 is 0 Å². The highest BCUT2D eigenvalue weighted by Gasteiger charge is 2.38. The van der Waals surface area contributed by atoms with Crippen LogP contribution in [0.2, 0.25) is 0 Å². The fourth-order valence-corrected chi connectivity index (χ4v) is 9.80. The Morgan fingerprint density at radius 2 is 0.700 bits per heavy atom. The molecule has 6 aromatic heterocycles. The van der Waals surface area contributed by atoms with Crippen LogP contribution >= 0.6 is 0 Å². The van der Waals surface area contributed by atoms with Crippen molar-refractivity contribution in [3.05, 3.63) is 136 Å². The van der Waals surface area contributed by atoms with E-state index in [1.54, 1.807) is 24.3 Å². The first kappa shape index (κ1) is 26.6. The van der Waals surface area contributed by atoms with Crippen LogP contribution in [0.15, 0.2) is 92.0 Å². The molecule has 0 saturated carbocycles. The normalized spacial score (nSPS) is 15.8. The molecule has 0 spiro atoms. The quantitative estimate of drug-likeness (QED) is 0.135. The molecule has 0 aliphatic carbocycles. The van der Waals surface area contributed by atoms with E-state index in [-0.39, 0.29) is 54.6 Å². The molecule has 4 aromatic carbocycles. The minimum Gasteiger partial charge on any atom is -0.305 e. The van der Waals surface area contributed by atoms with E-state index >= 15 is 0 Å². The van der Waals surface area contributed by atoms with Gasteiger partial charge in [0.1, 0.15) is 22.1 Å². The number of rotatable bonds is 0. The number of fused-ring (bicyclic) bond motifs is 3. The Hall–Kier alpha value is -6.28. The second-order valence-corrected chi connectivity index (χ2v) is 15.1. The molecule has 0 unspecified atom stereocenters. The summed E-state index contributed by atoms with van der Waals surface area (Å²) in [5.41, 5.74) is 5.74. The van der Waals surface area contributed by atoms with Crippen LogP contribution in [0.1, 0.15) is 49.9 Å². The minimum atomic E-state index is -0.491. The van der Waals surface area contributed by atoms with Crippen LogP contribution in [0, 0.1) is 0 Å². The molecular weight excluding hydrogens is 624 g/mol. The summed E-state index contributed by atoms with van der Waals surface area (Å²) in [6.45, 7) is 8.44. The van der Waals surface area contributed by atoms with Crippen LogP contribution in [-0.2, 0) is 10.8 Å². The fraction of sp³-hybridized carbons (Fsp3) is 0.143. The molecular formula is C42H24N4O4. The number of hydrogen-bond donors (Lipinski definition) is 0. The first-order valence-electron chi connectivity index (χ1n) is 16.8. The van der Waals surface area contributed by atoms with Gasteiger partial charge in [0.05, 0.1) is 43.9 Å². The molecule has 8 nitrogen and oxygen atoms in total. The zero-order chi connectivity index (χ0) is 33.9. The van der Waals surface area contributed by atoms with Crippen LogP contribution in [-0.4, -0.2) is 18.8 Å². The average Bonchev–Trinajstić information content (AvgIpc) is 3.11. The van der Waals surface area contributed by atoms with Gasteiger partial charge < -0.3 is 8.80 Å². The zero-order valence-electron chi connectivity index (χ0n) is 27.4. The Kier molecular flexibility index (Phi) is 4.15. The maximum atomic E-state index is 14.9.